The summed E-state index contributed by atoms with van der Waals surface area (Å²) in [6.07, 6.45) is 0. The lowest BCUT2D eigenvalue weighted by atomic mass is 10.1. The molecule has 0 fully saturated rings. The van der Waals surface area contributed by atoms with Gasteiger partial charge in [0.25, 0.3) is 15.9 Å². The zero-order valence-corrected chi connectivity index (χ0v) is 17.1. The molecule has 1 amide bonds. The van der Waals surface area contributed by atoms with Crippen molar-refractivity contribution >= 4 is 50.3 Å². The zero-order chi connectivity index (χ0) is 20.1. The molecule has 1 aromatic heterocycles. The minimum Gasteiger partial charge on any atom is -0.279 e. The lowest BCUT2D eigenvalue weighted by Gasteiger charge is -2.07. The molecule has 0 aliphatic carbocycles. The van der Waals surface area contributed by atoms with Gasteiger partial charge in [0, 0.05) is 16.3 Å². The first-order chi connectivity index (χ1) is 13.3. The molecule has 6 nitrogen and oxygen atoms in total. The van der Waals surface area contributed by atoms with Crippen molar-refractivity contribution in [2.45, 2.75) is 11.1 Å². The lowest BCUT2D eigenvalue weighted by molar-refractivity contribution is 0.0955. The Bertz CT molecular complexity index is 1090. The Labute approximate surface area is 171 Å². The number of hydrogen-bond donors (Lipinski definition) is 2. The monoisotopic (exact) mass is 433 g/mol. The highest BCUT2D eigenvalue weighted by atomic mass is 35.5. The van der Waals surface area contributed by atoms with Gasteiger partial charge in [-0.1, -0.05) is 29.8 Å². The zero-order valence-electron chi connectivity index (χ0n) is 14.7. The maximum absolute atomic E-state index is 12.2. The van der Waals surface area contributed by atoms with Crippen LogP contribution in [0.5, 0.6) is 0 Å². The fraction of sp³-hybridized carbons (Fsp3) is 0.0526. The number of hydrogen-bond acceptors (Lipinski definition) is 5. The number of nitrogens with one attached hydrogen (secondary N) is 2. The molecule has 3 aromatic rings. The average Bonchev–Trinajstić information content (AvgIpc) is 3.22. The third kappa shape index (κ3) is 4.98. The van der Waals surface area contributed by atoms with Crippen molar-refractivity contribution in [2.24, 2.45) is 5.10 Å². The van der Waals surface area contributed by atoms with Crippen molar-refractivity contribution in [3.8, 4) is 0 Å². The summed E-state index contributed by atoms with van der Waals surface area (Å²) in [6, 6.07) is 16.4. The Balaban J connectivity index is 1.65. The largest absolute Gasteiger partial charge is 0.279 e. The number of halogens is 1. The molecule has 0 bridgehead atoms. The van der Waals surface area contributed by atoms with Crippen LogP contribution in [-0.4, -0.2) is 20.0 Å². The minimum absolute atomic E-state index is 0.223. The van der Waals surface area contributed by atoms with Crippen molar-refractivity contribution in [2.75, 3.05) is 4.72 Å². The summed E-state index contributed by atoms with van der Waals surface area (Å²) < 4.78 is 27.1. The summed E-state index contributed by atoms with van der Waals surface area (Å²) in [7, 11) is -3.62. The van der Waals surface area contributed by atoms with Crippen LogP contribution in [0.1, 0.15) is 22.8 Å². The summed E-state index contributed by atoms with van der Waals surface area (Å²) in [5, 5.41) is 6.39. The minimum atomic E-state index is -3.62. The second-order valence-electron chi connectivity index (χ2n) is 5.76. The van der Waals surface area contributed by atoms with Crippen molar-refractivity contribution in [3.63, 3.8) is 0 Å². The van der Waals surface area contributed by atoms with Gasteiger partial charge in [0.15, 0.2) is 0 Å². The topological polar surface area (TPSA) is 87.6 Å². The molecular weight excluding hydrogens is 418 g/mol. The van der Waals surface area contributed by atoms with Crippen LogP contribution in [0, 0.1) is 0 Å². The predicted molar refractivity (Wildman–Crippen MR) is 113 cm³/mol. The van der Waals surface area contributed by atoms with E-state index in [0.717, 1.165) is 16.9 Å². The first-order valence-corrected chi connectivity index (χ1v) is 10.9. The molecule has 0 atom stereocenters. The summed E-state index contributed by atoms with van der Waals surface area (Å²) in [4.78, 5) is 12.2. The first-order valence-electron chi connectivity index (χ1n) is 8.12. The number of amides is 1. The van der Waals surface area contributed by atoms with E-state index in [1.807, 2.05) is 12.1 Å². The van der Waals surface area contributed by atoms with Gasteiger partial charge in [0.05, 0.1) is 5.71 Å². The van der Waals surface area contributed by atoms with Crippen molar-refractivity contribution < 1.29 is 13.2 Å². The lowest BCUT2D eigenvalue weighted by Crippen LogP contribution is -2.19. The Morgan fingerprint density at radius 3 is 2.25 bits per heavy atom. The van der Waals surface area contributed by atoms with Crippen molar-refractivity contribution in [1.29, 1.82) is 0 Å². The van der Waals surface area contributed by atoms with Crippen LogP contribution in [0.25, 0.3) is 0 Å². The molecule has 1 heterocycles. The Hall–Kier alpha value is -2.68. The number of sulfonamides is 1. The van der Waals surface area contributed by atoms with Crippen LogP contribution >= 0.6 is 22.9 Å². The van der Waals surface area contributed by atoms with E-state index in [1.165, 1.54) is 30.3 Å². The molecule has 0 unspecified atom stereocenters. The molecule has 9 heteroatoms. The normalized spacial score (nSPS) is 11.9. The summed E-state index contributed by atoms with van der Waals surface area (Å²) >= 11 is 6.98. The molecule has 2 N–H and O–H groups in total. The standard InChI is InChI=1S/C19H16ClN3O3S2/c1-13(14-4-8-16(20)9-5-14)21-22-19(24)15-6-10-17(11-7-15)23-28(25,26)18-3-2-12-27-18/h2-12,23H,1H3,(H,22,24). The third-order valence-corrected chi connectivity index (χ3v) is 6.78. The second kappa shape index (κ2) is 8.55. The van der Waals surface area contributed by atoms with E-state index in [9.17, 15) is 13.2 Å². The van der Waals surface area contributed by atoms with E-state index in [1.54, 1.807) is 30.5 Å². The van der Waals surface area contributed by atoms with Gasteiger partial charge in [0.1, 0.15) is 4.21 Å². The van der Waals surface area contributed by atoms with Crippen LogP contribution in [0.2, 0.25) is 5.02 Å². The molecule has 28 heavy (non-hydrogen) atoms. The van der Waals surface area contributed by atoms with Gasteiger partial charge in [-0.05, 0) is 60.3 Å². The molecule has 0 aliphatic rings. The Kier molecular flexibility index (Phi) is 6.13. The van der Waals surface area contributed by atoms with Crippen LogP contribution in [0.3, 0.4) is 0 Å². The highest BCUT2D eigenvalue weighted by molar-refractivity contribution is 7.94. The fourth-order valence-electron chi connectivity index (χ4n) is 2.27. The van der Waals surface area contributed by atoms with E-state index >= 15 is 0 Å². The van der Waals surface area contributed by atoms with Gasteiger partial charge in [-0.25, -0.2) is 13.8 Å². The number of carbonyl (C=O) groups excluding carboxylic acids is 1. The SMILES string of the molecule is CC(=NNC(=O)c1ccc(NS(=O)(=O)c2cccs2)cc1)c1ccc(Cl)cc1. The number of benzene rings is 2. The third-order valence-electron chi connectivity index (χ3n) is 3.75. The van der Waals surface area contributed by atoms with Gasteiger partial charge in [-0.3, -0.25) is 9.52 Å². The fourth-order valence-corrected chi connectivity index (χ4v) is 4.44. The average molecular weight is 434 g/mol. The molecule has 0 spiro atoms. The van der Waals surface area contributed by atoms with E-state index in [-0.39, 0.29) is 4.21 Å². The van der Waals surface area contributed by atoms with Gasteiger partial charge in [0.2, 0.25) is 0 Å². The van der Waals surface area contributed by atoms with Gasteiger partial charge in [-0.15, -0.1) is 11.3 Å². The molecule has 144 valence electrons. The van der Waals surface area contributed by atoms with Crippen molar-refractivity contribution in [1.82, 2.24) is 5.43 Å². The number of anilines is 1. The van der Waals surface area contributed by atoms with Crippen LogP contribution in [0.15, 0.2) is 75.4 Å². The van der Waals surface area contributed by atoms with Gasteiger partial charge in [-0.2, -0.15) is 5.10 Å². The molecule has 3 rings (SSSR count). The highest BCUT2D eigenvalue weighted by Crippen LogP contribution is 2.20. The maximum atomic E-state index is 12.2. The first kappa shape index (κ1) is 20.1. The van der Waals surface area contributed by atoms with Crippen LogP contribution < -0.4 is 10.1 Å². The number of carbonyl (C=O) groups is 1. The maximum Gasteiger partial charge on any atom is 0.271 e. The van der Waals surface area contributed by atoms with Gasteiger partial charge < -0.3 is 0 Å². The molecule has 2 aromatic carbocycles. The number of rotatable bonds is 6. The van der Waals surface area contributed by atoms with Gasteiger partial charge >= 0.3 is 0 Å². The molecule has 0 saturated heterocycles. The molecule has 0 radical (unpaired) electrons. The summed E-state index contributed by atoms with van der Waals surface area (Å²) in [5.41, 5.74) is 4.67. The highest BCUT2D eigenvalue weighted by Gasteiger charge is 2.15. The quantitative estimate of drug-likeness (QED) is 0.447. The number of nitrogens with zero attached hydrogens (tertiary/aromatic N) is 1. The summed E-state index contributed by atoms with van der Waals surface area (Å²) in [6.45, 7) is 1.77. The molecule has 0 saturated carbocycles. The van der Waals surface area contributed by atoms with E-state index in [2.05, 4.69) is 15.2 Å². The van der Waals surface area contributed by atoms with E-state index < -0.39 is 15.9 Å². The Morgan fingerprint density at radius 1 is 1.00 bits per heavy atom. The van der Waals surface area contributed by atoms with Crippen LogP contribution in [-0.2, 0) is 10.0 Å². The second-order valence-corrected chi connectivity index (χ2v) is 9.05. The van der Waals surface area contributed by atoms with E-state index in [4.69, 9.17) is 11.6 Å². The molecule has 0 aliphatic heterocycles. The smallest absolute Gasteiger partial charge is 0.271 e. The number of hydrazone groups is 1. The number of thiophene rings is 1. The van der Waals surface area contributed by atoms with E-state index in [0.29, 0.717) is 22.0 Å². The molecular formula is C19H16ClN3O3S2. The predicted octanol–water partition coefficient (Wildman–Crippen LogP) is 4.36. The van der Waals surface area contributed by atoms with Crippen molar-refractivity contribution in [3.05, 3.63) is 82.2 Å². The van der Waals surface area contributed by atoms with Crippen LogP contribution in [0.4, 0.5) is 5.69 Å². The Morgan fingerprint density at radius 2 is 1.64 bits per heavy atom. The summed E-state index contributed by atoms with van der Waals surface area (Å²) in [5.74, 6) is -0.402.